The Bertz CT molecular complexity index is 444. The molecule has 9 heteroatoms. The third-order valence-corrected chi connectivity index (χ3v) is 2.76. The van der Waals surface area contributed by atoms with Crippen molar-refractivity contribution in [3.8, 4) is 0 Å². The summed E-state index contributed by atoms with van der Waals surface area (Å²) < 4.78 is 15.9. The number of Topliss-reactive ketones (excluding diaryl/α,β-unsaturated/α-hetero) is 1. The van der Waals surface area contributed by atoms with Gasteiger partial charge in [-0.15, -0.1) is 0 Å². The lowest BCUT2D eigenvalue weighted by Crippen LogP contribution is -2.27. The van der Waals surface area contributed by atoms with Crippen molar-refractivity contribution >= 4 is 17.7 Å². The van der Waals surface area contributed by atoms with Crippen LogP contribution < -0.4 is 0 Å². The van der Waals surface area contributed by atoms with Gasteiger partial charge in [0, 0.05) is 10.9 Å². The molecule has 0 bridgehead atoms. The maximum absolute atomic E-state index is 11.3. The molecule has 0 aromatic heterocycles. The summed E-state index contributed by atoms with van der Waals surface area (Å²) in [4.78, 5) is 35.5. The highest BCUT2D eigenvalue weighted by Crippen LogP contribution is 2.28. The van der Waals surface area contributed by atoms with E-state index in [1.165, 1.54) is 0 Å². The van der Waals surface area contributed by atoms with Crippen LogP contribution in [0.15, 0.2) is 11.5 Å². The lowest BCUT2D eigenvalue weighted by atomic mass is 10.0. The van der Waals surface area contributed by atoms with E-state index < -0.39 is 60.7 Å². The molecule has 1 aliphatic rings. The lowest BCUT2D eigenvalue weighted by Gasteiger charge is -2.17. The highest BCUT2D eigenvalue weighted by molar-refractivity contribution is 5.96. The van der Waals surface area contributed by atoms with Gasteiger partial charge in [0.25, 0.3) is 0 Å². The molecule has 3 N–H and O–H groups in total. The zero-order valence-electron chi connectivity index (χ0n) is 10.2. The second-order valence-corrected chi connectivity index (χ2v) is 4.17. The molecule has 0 radical (unpaired) electrons. The zero-order chi connectivity index (χ0) is 15.3. The zero-order valence-corrected chi connectivity index (χ0v) is 10.2. The van der Waals surface area contributed by atoms with Crippen molar-refractivity contribution in [1.29, 1.82) is 0 Å². The van der Waals surface area contributed by atoms with Crippen LogP contribution in [0.2, 0.25) is 0 Å². The number of ketones is 1. The van der Waals surface area contributed by atoms with Crippen molar-refractivity contribution in [1.82, 2.24) is 0 Å². The first-order valence-corrected chi connectivity index (χ1v) is 5.67. The van der Waals surface area contributed by atoms with Gasteiger partial charge in [-0.2, -0.15) is 0 Å². The van der Waals surface area contributed by atoms with E-state index in [9.17, 15) is 29.1 Å². The molecule has 0 heterocycles. The predicted molar refractivity (Wildman–Crippen MR) is 58.8 cm³/mol. The number of ether oxygens (including phenoxy) is 1. The van der Waals surface area contributed by atoms with E-state index in [0.29, 0.717) is 0 Å². The first kappa shape index (κ1) is 15.9. The molecule has 20 heavy (non-hydrogen) atoms. The molecular formula is C11H13FO8. The molecule has 2 unspecified atom stereocenters. The van der Waals surface area contributed by atoms with Crippen LogP contribution in [0.5, 0.6) is 0 Å². The number of esters is 1. The largest absolute Gasteiger partial charge is 0.508 e. The van der Waals surface area contributed by atoms with Crippen LogP contribution in [0.4, 0.5) is 4.53 Å². The number of halogens is 1. The summed E-state index contributed by atoms with van der Waals surface area (Å²) in [6.45, 7) is -0.543. The van der Waals surface area contributed by atoms with Crippen molar-refractivity contribution in [2.24, 2.45) is 5.92 Å². The second-order valence-electron chi connectivity index (χ2n) is 4.17. The Morgan fingerprint density at radius 2 is 1.90 bits per heavy atom. The van der Waals surface area contributed by atoms with Gasteiger partial charge in [0.1, 0.15) is 12.4 Å². The Balaban J connectivity index is 2.37. The molecule has 8 nitrogen and oxygen atoms in total. The van der Waals surface area contributed by atoms with Gasteiger partial charge in [-0.05, 0) is 0 Å². The summed E-state index contributed by atoms with van der Waals surface area (Å²) in [5.41, 5.74) is 0. The van der Waals surface area contributed by atoms with Crippen LogP contribution in [-0.4, -0.2) is 45.8 Å². The third-order valence-electron chi connectivity index (χ3n) is 2.76. The molecular weight excluding hydrogens is 279 g/mol. The first-order valence-electron chi connectivity index (χ1n) is 5.67. The lowest BCUT2D eigenvalue weighted by molar-refractivity contribution is -0.184. The van der Waals surface area contributed by atoms with Gasteiger partial charge in [0.2, 0.25) is 5.78 Å². The van der Waals surface area contributed by atoms with Gasteiger partial charge in [-0.3, -0.25) is 14.5 Å². The summed E-state index contributed by atoms with van der Waals surface area (Å²) in [6.07, 6.45) is -2.64. The Kier molecular flexibility index (Phi) is 5.44. The summed E-state index contributed by atoms with van der Waals surface area (Å²) >= 11 is 0. The maximum atomic E-state index is 11.3. The van der Waals surface area contributed by atoms with E-state index in [1.807, 2.05) is 0 Å². The number of aliphatic hydroxyl groups is 3. The smallest absolute Gasteiger partial charge is 0.349 e. The average Bonchev–Trinajstić information content (AvgIpc) is 2.69. The van der Waals surface area contributed by atoms with Crippen LogP contribution in [0, 0.1) is 5.92 Å². The standard InChI is InChI=1S/C11H13FO8/c12-20-9(16)2-1-8(15)19-4-7(14)5-3-6(13)11(18)10(5)17/h5,7,14,17-18H,1-4H2. The normalized spacial score (nSPS) is 19.9. The molecule has 0 aromatic rings. The summed E-state index contributed by atoms with van der Waals surface area (Å²) in [5.74, 6) is -5.35. The first-order chi connectivity index (χ1) is 9.36. The van der Waals surface area contributed by atoms with Crippen LogP contribution in [0.1, 0.15) is 19.3 Å². The van der Waals surface area contributed by atoms with Crippen LogP contribution >= 0.6 is 0 Å². The van der Waals surface area contributed by atoms with Crippen molar-refractivity contribution in [3.63, 3.8) is 0 Å². The highest BCUT2D eigenvalue weighted by atomic mass is 19.3. The van der Waals surface area contributed by atoms with E-state index in [-0.39, 0.29) is 6.42 Å². The van der Waals surface area contributed by atoms with Crippen molar-refractivity contribution in [2.45, 2.75) is 25.4 Å². The monoisotopic (exact) mass is 292 g/mol. The quantitative estimate of drug-likeness (QED) is 0.584. The number of hydrogen-bond acceptors (Lipinski definition) is 8. The van der Waals surface area contributed by atoms with E-state index in [1.54, 1.807) is 0 Å². The van der Waals surface area contributed by atoms with Crippen LogP contribution in [-0.2, 0) is 24.1 Å². The van der Waals surface area contributed by atoms with Crippen molar-refractivity contribution in [2.75, 3.05) is 6.61 Å². The summed E-state index contributed by atoms with van der Waals surface area (Å²) in [7, 11) is 0. The Hall–Kier alpha value is -2.16. The minimum atomic E-state index is -1.39. The molecule has 0 spiro atoms. The van der Waals surface area contributed by atoms with Gasteiger partial charge in [0.05, 0.1) is 24.9 Å². The second kappa shape index (κ2) is 6.85. The van der Waals surface area contributed by atoms with Gasteiger partial charge >= 0.3 is 11.9 Å². The van der Waals surface area contributed by atoms with E-state index in [2.05, 4.69) is 9.68 Å². The third kappa shape index (κ3) is 3.92. The van der Waals surface area contributed by atoms with Crippen molar-refractivity contribution < 1.29 is 43.9 Å². The predicted octanol–water partition coefficient (Wildman–Crippen LogP) is 0.0150. The maximum Gasteiger partial charge on any atom is 0.349 e. The Labute approximate surface area is 112 Å². The van der Waals surface area contributed by atoms with E-state index in [4.69, 9.17) is 5.11 Å². The summed E-state index contributed by atoms with van der Waals surface area (Å²) in [6, 6.07) is 0. The van der Waals surface area contributed by atoms with Crippen molar-refractivity contribution in [3.05, 3.63) is 11.5 Å². The number of allylic oxidation sites excluding steroid dienone is 1. The SMILES string of the molecule is O=C(CCC(=O)OCC(O)C1CC(=O)C(O)=C1O)OF. The molecule has 0 fully saturated rings. The van der Waals surface area contributed by atoms with Gasteiger partial charge < -0.3 is 20.1 Å². The minimum absolute atomic E-state index is 0.301. The van der Waals surface area contributed by atoms with Gasteiger partial charge in [-0.25, -0.2) is 4.79 Å². The number of carbonyl (C=O) groups excluding carboxylic acids is 3. The molecule has 0 saturated heterocycles. The fraction of sp³-hybridized carbons (Fsp3) is 0.545. The average molecular weight is 292 g/mol. The topological polar surface area (TPSA) is 130 Å². The molecule has 0 saturated carbocycles. The Morgan fingerprint density at radius 3 is 2.40 bits per heavy atom. The fourth-order valence-corrected chi connectivity index (χ4v) is 1.64. The minimum Gasteiger partial charge on any atom is -0.508 e. The highest BCUT2D eigenvalue weighted by Gasteiger charge is 2.37. The van der Waals surface area contributed by atoms with Crippen LogP contribution in [0.3, 0.4) is 0 Å². The number of carbonyl (C=O) groups is 3. The van der Waals surface area contributed by atoms with Gasteiger partial charge in [-0.1, -0.05) is 0 Å². The molecule has 112 valence electrons. The number of aliphatic hydroxyl groups excluding tert-OH is 3. The fourth-order valence-electron chi connectivity index (χ4n) is 1.64. The molecule has 1 aliphatic carbocycles. The molecule has 1 rings (SSSR count). The van der Waals surface area contributed by atoms with E-state index >= 15 is 0 Å². The van der Waals surface area contributed by atoms with Crippen LogP contribution in [0.25, 0.3) is 0 Å². The number of hydrogen-bond donors (Lipinski definition) is 3. The molecule has 0 aliphatic heterocycles. The summed E-state index contributed by atoms with van der Waals surface area (Å²) in [5, 5.41) is 28.1. The molecule has 2 atom stereocenters. The van der Waals surface area contributed by atoms with Gasteiger partial charge in [0.15, 0.2) is 5.76 Å². The number of rotatable bonds is 6. The Morgan fingerprint density at radius 1 is 1.30 bits per heavy atom. The molecule has 0 aromatic carbocycles. The molecule has 0 amide bonds. The van der Waals surface area contributed by atoms with E-state index in [0.717, 1.165) is 0 Å².